The van der Waals surface area contributed by atoms with Crippen LogP contribution in [-0.2, 0) is 14.8 Å². The zero-order chi connectivity index (χ0) is 12.1. The molecule has 0 amide bonds. The van der Waals surface area contributed by atoms with Gasteiger partial charge in [-0.1, -0.05) is 0 Å². The van der Waals surface area contributed by atoms with Crippen LogP contribution in [0.3, 0.4) is 0 Å². The molecule has 0 unspecified atom stereocenters. The van der Waals surface area contributed by atoms with Crippen molar-refractivity contribution >= 4 is 10.0 Å². The lowest BCUT2D eigenvalue weighted by atomic mass is 9.91. The Labute approximate surface area is 102 Å². The molecule has 6 heteroatoms. The van der Waals surface area contributed by atoms with Crippen molar-refractivity contribution in [2.24, 2.45) is 5.92 Å². The Bertz CT molecular complexity index is 392. The molecule has 17 heavy (non-hydrogen) atoms. The van der Waals surface area contributed by atoms with Crippen LogP contribution in [0.2, 0.25) is 0 Å². The van der Waals surface area contributed by atoms with E-state index in [1.165, 1.54) is 4.31 Å². The van der Waals surface area contributed by atoms with Gasteiger partial charge in [0.25, 0.3) is 0 Å². The molecule has 1 aliphatic carbocycles. The van der Waals surface area contributed by atoms with Gasteiger partial charge in [0.2, 0.25) is 10.0 Å². The van der Waals surface area contributed by atoms with Gasteiger partial charge >= 0.3 is 0 Å². The highest BCUT2D eigenvalue weighted by Gasteiger charge is 2.56. The smallest absolute Gasteiger partial charge is 0.217 e. The fourth-order valence-electron chi connectivity index (χ4n) is 2.81. The number of ether oxygens (including phenoxy) is 1. The number of hydrogen-bond acceptors (Lipinski definition) is 4. The van der Waals surface area contributed by atoms with E-state index in [9.17, 15) is 13.5 Å². The topological polar surface area (TPSA) is 66.8 Å². The average Bonchev–Trinajstić information content (AvgIpc) is 3.10. The predicted molar refractivity (Wildman–Crippen MR) is 62.0 cm³/mol. The second-order valence-corrected chi connectivity index (χ2v) is 7.72. The lowest BCUT2D eigenvalue weighted by Gasteiger charge is -2.47. The number of sulfonamides is 1. The summed E-state index contributed by atoms with van der Waals surface area (Å²) < 4.78 is 31.2. The lowest BCUT2D eigenvalue weighted by Crippen LogP contribution is -2.66. The summed E-state index contributed by atoms with van der Waals surface area (Å²) in [5.41, 5.74) is -0.724. The molecule has 3 rings (SSSR count). The van der Waals surface area contributed by atoms with Crippen LogP contribution in [0.5, 0.6) is 0 Å². The van der Waals surface area contributed by atoms with Gasteiger partial charge in [0.1, 0.15) is 0 Å². The molecule has 1 saturated carbocycles. The highest BCUT2D eigenvalue weighted by atomic mass is 32.2. The fourth-order valence-corrected chi connectivity index (χ4v) is 4.82. The first-order valence-corrected chi connectivity index (χ1v) is 7.82. The third-order valence-electron chi connectivity index (χ3n) is 4.19. The van der Waals surface area contributed by atoms with Crippen LogP contribution in [0.25, 0.3) is 0 Å². The summed E-state index contributed by atoms with van der Waals surface area (Å²) in [6, 6.07) is 0. The summed E-state index contributed by atoms with van der Waals surface area (Å²) in [4.78, 5) is 0. The van der Waals surface area contributed by atoms with E-state index in [4.69, 9.17) is 4.74 Å². The maximum atomic E-state index is 12.3. The van der Waals surface area contributed by atoms with Crippen molar-refractivity contribution in [1.29, 1.82) is 0 Å². The largest absolute Gasteiger partial charge is 0.387 e. The van der Waals surface area contributed by atoms with Gasteiger partial charge in [-0.05, 0) is 31.6 Å². The predicted octanol–water partition coefficient (Wildman–Crippen LogP) is -0.0481. The van der Waals surface area contributed by atoms with Crippen molar-refractivity contribution in [3.63, 3.8) is 0 Å². The minimum absolute atomic E-state index is 0.303. The highest BCUT2D eigenvalue weighted by molar-refractivity contribution is 7.89. The second kappa shape index (κ2) is 3.91. The molecule has 3 fully saturated rings. The zero-order valence-electron chi connectivity index (χ0n) is 9.84. The summed E-state index contributed by atoms with van der Waals surface area (Å²) >= 11 is 0. The van der Waals surface area contributed by atoms with Crippen LogP contribution in [-0.4, -0.2) is 55.0 Å². The maximum Gasteiger partial charge on any atom is 0.217 e. The first-order valence-electron chi connectivity index (χ1n) is 6.31. The molecule has 98 valence electrons. The Kier molecular flexibility index (Phi) is 2.74. The number of hydrogen-bond donors (Lipinski definition) is 1. The van der Waals surface area contributed by atoms with Gasteiger partial charge in [0.15, 0.2) is 0 Å². The lowest BCUT2D eigenvalue weighted by molar-refractivity contribution is -0.0771. The average molecular weight is 261 g/mol. The van der Waals surface area contributed by atoms with Crippen molar-refractivity contribution in [3.8, 4) is 0 Å². The third-order valence-corrected chi connectivity index (χ3v) is 6.48. The van der Waals surface area contributed by atoms with Gasteiger partial charge in [-0.2, -0.15) is 4.31 Å². The molecule has 2 aliphatic heterocycles. The van der Waals surface area contributed by atoms with Crippen LogP contribution in [0.1, 0.15) is 25.7 Å². The number of β-amino-alcohol motifs (C(OH)–C–C–N with tert-alkyl or cyclic N) is 1. The van der Waals surface area contributed by atoms with Crippen LogP contribution in [0, 0.1) is 5.92 Å². The van der Waals surface area contributed by atoms with Gasteiger partial charge < -0.3 is 9.84 Å². The summed E-state index contributed by atoms with van der Waals surface area (Å²) in [6.07, 6.45) is 3.25. The van der Waals surface area contributed by atoms with E-state index in [0.717, 1.165) is 12.8 Å². The van der Waals surface area contributed by atoms with E-state index in [0.29, 0.717) is 45.1 Å². The van der Waals surface area contributed by atoms with Crippen molar-refractivity contribution < 1.29 is 18.3 Å². The van der Waals surface area contributed by atoms with E-state index in [1.807, 2.05) is 0 Å². The molecule has 0 atom stereocenters. The van der Waals surface area contributed by atoms with E-state index in [2.05, 4.69) is 0 Å². The molecule has 0 aromatic heterocycles. The number of nitrogens with zero attached hydrogens (tertiary/aromatic N) is 1. The molecule has 2 saturated heterocycles. The van der Waals surface area contributed by atoms with Crippen molar-refractivity contribution in [2.75, 3.05) is 26.3 Å². The van der Waals surface area contributed by atoms with Gasteiger partial charge in [-0.25, -0.2) is 8.42 Å². The minimum Gasteiger partial charge on any atom is -0.387 e. The van der Waals surface area contributed by atoms with Gasteiger partial charge in [0.05, 0.1) is 10.9 Å². The Balaban J connectivity index is 1.64. The minimum atomic E-state index is -3.21. The molecular weight excluding hydrogens is 242 g/mol. The van der Waals surface area contributed by atoms with Gasteiger partial charge in [-0.15, -0.1) is 0 Å². The van der Waals surface area contributed by atoms with Crippen LogP contribution >= 0.6 is 0 Å². The van der Waals surface area contributed by atoms with Crippen molar-refractivity contribution in [2.45, 2.75) is 36.5 Å². The molecule has 1 N–H and O–H groups in total. The normalized spacial score (nSPS) is 31.1. The molecule has 0 spiro atoms. The van der Waals surface area contributed by atoms with E-state index >= 15 is 0 Å². The highest BCUT2D eigenvalue weighted by Crippen LogP contribution is 2.45. The monoisotopic (exact) mass is 261 g/mol. The molecule has 0 radical (unpaired) electrons. The molecule has 0 bridgehead atoms. The van der Waals surface area contributed by atoms with Crippen LogP contribution in [0.4, 0.5) is 0 Å². The first-order chi connectivity index (χ1) is 8.02. The summed E-state index contributed by atoms with van der Waals surface area (Å²) in [5, 5.41) is 9.85. The van der Waals surface area contributed by atoms with Crippen molar-refractivity contribution in [1.82, 2.24) is 4.31 Å². The Morgan fingerprint density at radius 1 is 1.12 bits per heavy atom. The van der Waals surface area contributed by atoms with E-state index < -0.39 is 15.6 Å². The SMILES string of the molecule is O=S(=O)(C1CCOCC1)N1CC(O)(C2CC2)C1. The fraction of sp³-hybridized carbons (Fsp3) is 1.00. The molecule has 0 aromatic carbocycles. The van der Waals surface area contributed by atoms with Gasteiger partial charge in [-0.3, -0.25) is 0 Å². The molecule has 2 heterocycles. The summed E-state index contributed by atoms with van der Waals surface area (Å²) in [5.74, 6) is 0.337. The third kappa shape index (κ3) is 2.01. The first kappa shape index (κ1) is 11.9. The molecule has 5 nitrogen and oxygen atoms in total. The molecular formula is C11H19NO4S. The van der Waals surface area contributed by atoms with Gasteiger partial charge in [0, 0.05) is 26.3 Å². The number of aliphatic hydroxyl groups is 1. The Morgan fingerprint density at radius 3 is 2.24 bits per heavy atom. The Morgan fingerprint density at radius 2 is 1.71 bits per heavy atom. The van der Waals surface area contributed by atoms with E-state index in [-0.39, 0.29) is 5.25 Å². The molecule has 0 aromatic rings. The zero-order valence-corrected chi connectivity index (χ0v) is 10.7. The second-order valence-electron chi connectivity index (χ2n) is 5.50. The summed E-state index contributed by atoms with van der Waals surface area (Å²) in [6.45, 7) is 1.67. The van der Waals surface area contributed by atoms with Crippen LogP contribution in [0.15, 0.2) is 0 Å². The van der Waals surface area contributed by atoms with E-state index in [1.54, 1.807) is 0 Å². The molecule has 3 aliphatic rings. The number of rotatable bonds is 3. The van der Waals surface area contributed by atoms with Crippen LogP contribution < -0.4 is 0 Å². The van der Waals surface area contributed by atoms with Crippen molar-refractivity contribution in [3.05, 3.63) is 0 Å². The summed E-state index contributed by atoms with van der Waals surface area (Å²) in [7, 11) is -3.21. The Hall–Kier alpha value is -0.170. The standard InChI is InChI=1S/C11H19NO4S/c13-11(9-1-2-9)7-12(8-11)17(14,15)10-3-5-16-6-4-10/h9-10,13H,1-8H2. The maximum absolute atomic E-state index is 12.3. The quantitative estimate of drug-likeness (QED) is 0.773.